The summed E-state index contributed by atoms with van der Waals surface area (Å²) < 4.78 is 63.2. The number of anilines is 1. The number of aromatic hydroxyl groups is 1. The summed E-state index contributed by atoms with van der Waals surface area (Å²) in [4.78, 5) is 3.12. The SMILES string of the molecule is CS(=O)(=O)Nc1cccc2c(O)c(S(=O)(=O)O)cc(/N=N/c3snc4c(C#N)cncc34)c12. The fraction of sp³-hybridized carbons (Fsp3) is 0.0556. The number of phenolic OH excluding ortho intramolecular Hbond substituents is 1. The summed E-state index contributed by atoms with van der Waals surface area (Å²) in [6, 6.07) is 6.93. The summed E-state index contributed by atoms with van der Waals surface area (Å²) in [5, 5.41) is 28.4. The van der Waals surface area contributed by atoms with E-state index in [1.165, 1.54) is 30.6 Å². The topological polar surface area (TPSA) is 195 Å². The first kappa shape index (κ1) is 22.5. The van der Waals surface area contributed by atoms with Gasteiger partial charge >= 0.3 is 0 Å². The molecule has 2 heterocycles. The van der Waals surface area contributed by atoms with Gasteiger partial charge in [0.1, 0.15) is 22.2 Å². The summed E-state index contributed by atoms with van der Waals surface area (Å²) in [7, 11) is -8.61. The maximum absolute atomic E-state index is 11.8. The molecule has 12 nitrogen and oxygen atoms in total. The van der Waals surface area contributed by atoms with E-state index in [1.54, 1.807) is 0 Å². The maximum atomic E-state index is 11.8. The number of rotatable bonds is 5. The number of nitrogens with zero attached hydrogens (tertiary/aromatic N) is 5. The van der Waals surface area contributed by atoms with Crippen molar-refractivity contribution in [1.82, 2.24) is 9.36 Å². The normalized spacial score (nSPS) is 12.4. The van der Waals surface area contributed by atoms with E-state index in [1.807, 2.05) is 6.07 Å². The van der Waals surface area contributed by atoms with Crippen LogP contribution < -0.4 is 4.72 Å². The maximum Gasteiger partial charge on any atom is 0.298 e. The van der Waals surface area contributed by atoms with Gasteiger partial charge in [0.25, 0.3) is 10.1 Å². The van der Waals surface area contributed by atoms with Crippen LogP contribution in [0.2, 0.25) is 0 Å². The molecule has 0 aliphatic rings. The molecule has 0 amide bonds. The van der Waals surface area contributed by atoms with Crippen molar-refractivity contribution >= 4 is 69.7 Å². The minimum Gasteiger partial charge on any atom is -0.506 e. The number of phenols is 1. The molecule has 0 saturated heterocycles. The number of nitriles is 1. The Morgan fingerprint density at radius 2 is 1.91 bits per heavy atom. The molecule has 0 atom stereocenters. The Labute approximate surface area is 190 Å². The molecule has 168 valence electrons. The lowest BCUT2D eigenvalue weighted by atomic mass is 10.1. The van der Waals surface area contributed by atoms with Crippen LogP contribution in [-0.2, 0) is 20.1 Å². The number of pyridine rings is 1. The van der Waals surface area contributed by atoms with Crippen molar-refractivity contribution in [3.63, 3.8) is 0 Å². The van der Waals surface area contributed by atoms with E-state index in [0.29, 0.717) is 10.9 Å². The molecular weight excluding hydrogens is 492 g/mol. The monoisotopic (exact) mass is 504 g/mol. The van der Waals surface area contributed by atoms with Gasteiger partial charge < -0.3 is 5.11 Å². The average molecular weight is 505 g/mol. The van der Waals surface area contributed by atoms with Crippen LogP contribution in [0.3, 0.4) is 0 Å². The number of sulfonamides is 1. The van der Waals surface area contributed by atoms with Crippen molar-refractivity contribution in [3.05, 3.63) is 42.2 Å². The summed E-state index contributed by atoms with van der Waals surface area (Å²) in [6.07, 6.45) is 3.70. The minimum atomic E-state index is -4.86. The molecule has 15 heteroatoms. The predicted octanol–water partition coefficient (Wildman–Crippen LogP) is 3.46. The van der Waals surface area contributed by atoms with Gasteiger partial charge in [-0.05, 0) is 23.7 Å². The highest BCUT2D eigenvalue weighted by molar-refractivity contribution is 7.92. The van der Waals surface area contributed by atoms with Crippen LogP contribution in [0.1, 0.15) is 5.56 Å². The van der Waals surface area contributed by atoms with Crippen molar-refractivity contribution in [3.8, 4) is 11.8 Å². The zero-order chi connectivity index (χ0) is 24.0. The Bertz CT molecular complexity index is 1720. The van der Waals surface area contributed by atoms with Crippen molar-refractivity contribution in [1.29, 1.82) is 5.26 Å². The Hall–Kier alpha value is -3.71. The summed E-state index contributed by atoms with van der Waals surface area (Å²) >= 11 is 0.914. The van der Waals surface area contributed by atoms with Gasteiger partial charge in [-0.2, -0.15) is 18.1 Å². The third-order valence-corrected chi connectivity index (χ3v) is 6.60. The molecule has 4 rings (SSSR count). The second-order valence-corrected chi connectivity index (χ2v) is 10.6. The Balaban J connectivity index is 2.00. The highest BCUT2D eigenvalue weighted by atomic mass is 32.2. The molecule has 0 saturated carbocycles. The van der Waals surface area contributed by atoms with Crippen LogP contribution in [-0.4, -0.2) is 42.1 Å². The van der Waals surface area contributed by atoms with Gasteiger partial charge in [0.2, 0.25) is 10.0 Å². The van der Waals surface area contributed by atoms with Crippen molar-refractivity contribution < 1.29 is 26.5 Å². The van der Waals surface area contributed by atoms with Crippen LogP contribution in [0.5, 0.6) is 5.75 Å². The van der Waals surface area contributed by atoms with Gasteiger partial charge in [0, 0.05) is 23.2 Å². The number of benzene rings is 2. The van der Waals surface area contributed by atoms with E-state index in [0.717, 1.165) is 23.9 Å². The number of hydrogen-bond donors (Lipinski definition) is 3. The van der Waals surface area contributed by atoms with Gasteiger partial charge in [-0.1, -0.05) is 12.1 Å². The van der Waals surface area contributed by atoms with Crippen LogP contribution in [0, 0.1) is 11.3 Å². The largest absolute Gasteiger partial charge is 0.506 e. The van der Waals surface area contributed by atoms with Gasteiger partial charge in [0.05, 0.1) is 28.6 Å². The smallest absolute Gasteiger partial charge is 0.298 e. The Kier molecular flexibility index (Phi) is 5.46. The van der Waals surface area contributed by atoms with Gasteiger partial charge in [-0.15, -0.1) is 10.2 Å². The molecule has 0 aliphatic heterocycles. The Morgan fingerprint density at radius 1 is 1.15 bits per heavy atom. The number of hydrogen-bond acceptors (Lipinski definition) is 11. The fourth-order valence-electron chi connectivity index (χ4n) is 3.08. The minimum absolute atomic E-state index is 0.00346. The number of nitrogens with one attached hydrogen (secondary N) is 1. The second kappa shape index (κ2) is 8.01. The number of fused-ring (bicyclic) bond motifs is 2. The Morgan fingerprint density at radius 3 is 2.58 bits per heavy atom. The van der Waals surface area contributed by atoms with E-state index < -0.39 is 30.8 Å². The van der Waals surface area contributed by atoms with Crippen LogP contribution in [0.15, 0.2) is 51.8 Å². The van der Waals surface area contributed by atoms with E-state index >= 15 is 0 Å². The molecule has 33 heavy (non-hydrogen) atoms. The van der Waals surface area contributed by atoms with E-state index in [4.69, 9.17) is 0 Å². The molecular formula is C18H12N6O6S3. The van der Waals surface area contributed by atoms with E-state index in [2.05, 4.69) is 24.3 Å². The lowest BCUT2D eigenvalue weighted by Crippen LogP contribution is -2.10. The second-order valence-electron chi connectivity index (χ2n) is 6.70. The quantitative estimate of drug-likeness (QED) is 0.269. The average Bonchev–Trinajstić information content (AvgIpc) is 3.15. The number of aromatic nitrogens is 2. The molecule has 0 radical (unpaired) electrons. The first-order valence-corrected chi connectivity index (χ1v) is 12.9. The predicted molar refractivity (Wildman–Crippen MR) is 120 cm³/mol. The van der Waals surface area contributed by atoms with Gasteiger partial charge in [-0.25, -0.2) is 8.42 Å². The summed E-state index contributed by atoms with van der Waals surface area (Å²) in [5.41, 5.74) is 0.436. The lowest BCUT2D eigenvalue weighted by Gasteiger charge is -2.13. The van der Waals surface area contributed by atoms with Crippen LogP contribution in [0.4, 0.5) is 16.4 Å². The zero-order valence-electron chi connectivity index (χ0n) is 16.5. The summed E-state index contributed by atoms with van der Waals surface area (Å²) in [6.45, 7) is 0. The van der Waals surface area contributed by atoms with Gasteiger partial charge in [-0.3, -0.25) is 14.3 Å². The fourth-order valence-corrected chi connectivity index (χ4v) is 4.97. The highest BCUT2D eigenvalue weighted by Crippen LogP contribution is 2.43. The third kappa shape index (κ3) is 4.32. The standard InChI is InChI=1S/C18H12N6O6S3/c1-32(26,27)24-12-4-2-3-10-15(12)13(5-14(17(10)25)33(28,29)30)21-22-18-11-8-20-7-9(6-19)16(11)23-31-18/h2-5,7-8,24-25H,1H3,(H,28,29,30)/b22-21+. The molecule has 0 bridgehead atoms. The number of azo groups is 1. The molecule has 0 fully saturated rings. The van der Waals surface area contributed by atoms with Gasteiger partial charge in [0.15, 0.2) is 5.00 Å². The third-order valence-electron chi connectivity index (χ3n) is 4.39. The molecule has 0 aliphatic carbocycles. The molecule has 2 aromatic heterocycles. The molecule has 3 N–H and O–H groups in total. The molecule has 0 spiro atoms. The summed E-state index contributed by atoms with van der Waals surface area (Å²) in [5.74, 6) is -0.783. The first-order valence-electron chi connectivity index (χ1n) is 8.79. The zero-order valence-corrected chi connectivity index (χ0v) is 18.9. The van der Waals surface area contributed by atoms with Crippen LogP contribution in [0.25, 0.3) is 21.7 Å². The first-order chi connectivity index (χ1) is 15.5. The lowest BCUT2D eigenvalue weighted by molar-refractivity contribution is 0.448. The van der Waals surface area contributed by atoms with E-state index in [-0.39, 0.29) is 32.7 Å². The molecule has 0 unspecified atom stereocenters. The van der Waals surface area contributed by atoms with E-state index in [9.17, 15) is 31.8 Å². The molecule has 4 aromatic rings. The highest BCUT2D eigenvalue weighted by Gasteiger charge is 2.23. The van der Waals surface area contributed by atoms with Crippen molar-refractivity contribution in [2.24, 2.45) is 10.2 Å². The molecule has 2 aromatic carbocycles. The van der Waals surface area contributed by atoms with Crippen molar-refractivity contribution in [2.45, 2.75) is 4.90 Å². The van der Waals surface area contributed by atoms with Crippen LogP contribution >= 0.6 is 11.5 Å². The van der Waals surface area contributed by atoms with Crippen molar-refractivity contribution in [2.75, 3.05) is 11.0 Å².